The number of ether oxygens (including phenoxy) is 1. The van der Waals surface area contributed by atoms with Gasteiger partial charge in [0, 0.05) is 30.2 Å². The van der Waals surface area contributed by atoms with E-state index >= 15 is 0 Å². The lowest BCUT2D eigenvalue weighted by atomic mass is 9.96. The Morgan fingerprint density at radius 1 is 1.22 bits per heavy atom. The molecule has 1 aliphatic heterocycles. The second kappa shape index (κ2) is 6.24. The molecule has 2 heterocycles. The third-order valence-electron chi connectivity index (χ3n) is 4.34. The molecule has 2 aromatic rings. The van der Waals surface area contributed by atoms with Gasteiger partial charge < -0.3 is 14.6 Å². The van der Waals surface area contributed by atoms with Crippen molar-refractivity contribution in [1.82, 2.24) is 9.88 Å². The van der Waals surface area contributed by atoms with Crippen molar-refractivity contribution in [3.8, 4) is 0 Å². The van der Waals surface area contributed by atoms with Crippen molar-refractivity contribution in [2.45, 2.75) is 12.8 Å². The number of fused-ring (bicyclic) bond motifs is 1. The molecule has 1 aliphatic rings. The molecular weight excluding hydrogens is 296 g/mol. The highest BCUT2D eigenvalue weighted by Gasteiger charge is 2.29. The first-order chi connectivity index (χ1) is 11.1. The summed E-state index contributed by atoms with van der Waals surface area (Å²) >= 11 is 0. The molecule has 1 amide bonds. The van der Waals surface area contributed by atoms with Crippen molar-refractivity contribution in [1.29, 1.82) is 0 Å². The Morgan fingerprint density at radius 3 is 2.61 bits per heavy atom. The summed E-state index contributed by atoms with van der Waals surface area (Å²) in [4.78, 5) is 41.2. The lowest BCUT2D eigenvalue weighted by molar-refractivity contribution is -0.146. The first kappa shape index (κ1) is 15.3. The molecule has 0 aliphatic carbocycles. The molecule has 0 bridgehead atoms. The number of nitrogens with one attached hydrogen (secondary N) is 1. The zero-order valence-electron chi connectivity index (χ0n) is 12.9. The average molecular weight is 314 g/mol. The maximum atomic E-state index is 12.6. The highest BCUT2D eigenvalue weighted by Crippen LogP contribution is 2.20. The Balaban J connectivity index is 1.81. The Hall–Kier alpha value is -2.63. The molecule has 0 saturated carbocycles. The average Bonchev–Trinajstić information content (AvgIpc) is 2.61. The molecule has 1 saturated heterocycles. The standard InChI is InChI=1S/C17H18N2O4/c1-23-17(22)11-6-8-19(9-7-11)16(21)13-10-18-14-5-3-2-4-12(14)15(13)20/h2-5,10-11H,6-9H2,1H3,(H,18,20). The molecule has 1 aromatic carbocycles. The van der Waals surface area contributed by atoms with Crippen molar-refractivity contribution in [3.05, 3.63) is 46.2 Å². The SMILES string of the molecule is COC(=O)C1CCN(C(=O)c2c[nH]c3ccccc3c2=O)CC1. The van der Waals surface area contributed by atoms with Crippen molar-refractivity contribution in [2.24, 2.45) is 5.92 Å². The third-order valence-corrected chi connectivity index (χ3v) is 4.34. The quantitative estimate of drug-likeness (QED) is 0.853. The van der Waals surface area contributed by atoms with Gasteiger partial charge in [0.1, 0.15) is 5.56 Å². The van der Waals surface area contributed by atoms with Crippen LogP contribution in [0.3, 0.4) is 0 Å². The number of rotatable bonds is 2. The molecular formula is C17H18N2O4. The second-order valence-electron chi connectivity index (χ2n) is 5.67. The minimum absolute atomic E-state index is 0.139. The smallest absolute Gasteiger partial charge is 0.308 e. The van der Waals surface area contributed by atoms with Crippen LogP contribution in [0.25, 0.3) is 10.9 Å². The number of para-hydroxylation sites is 1. The lowest BCUT2D eigenvalue weighted by Gasteiger charge is -2.30. The monoisotopic (exact) mass is 314 g/mol. The number of carbonyl (C=O) groups is 2. The Kier molecular flexibility index (Phi) is 4.14. The van der Waals surface area contributed by atoms with E-state index < -0.39 is 0 Å². The van der Waals surface area contributed by atoms with E-state index in [0.29, 0.717) is 36.8 Å². The number of methoxy groups -OCH3 is 1. The third kappa shape index (κ3) is 2.84. The van der Waals surface area contributed by atoms with Crippen LogP contribution in [0, 0.1) is 5.92 Å². The van der Waals surface area contributed by atoms with Gasteiger partial charge in [-0.2, -0.15) is 0 Å². The fourth-order valence-electron chi connectivity index (χ4n) is 2.98. The molecule has 0 unspecified atom stereocenters. The van der Waals surface area contributed by atoms with Gasteiger partial charge in [0.25, 0.3) is 5.91 Å². The lowest BCUT2D eigenvalue weighted by Crippen LogP contribution is -2.42. The molecule has 120 valence electrons. The number of hydrogen-bond acceptors (Lipinski definition) is 4. The van der Waals surface area contributed by atoms with Gasteiger partial charge in [-0.25, -0.2) is 0 Å². The van der Waals surface area contributed by atoms with Gasteiger partial charge in [0.05, 0.1) is 13.0 Å². The van der Waals surface area contributed by atoms with Crippen molar-refractivity contribution in [2.75, 3.05) is 20.2 Å². The number of hydrogen-bond donors (Lipinski definition) is 1. The zero-order chi connectivity index (χ0) is 16.4. The van der Waals surface area contributed by atoms with Gasteiger partial charge in [-0.1, -0.05) is 12.1 Å². The maximum Gasteiger partial charge on any atom is 0.308 e. The summed E-state index contributed by atoms with van der Waals surface area (Å²) in [5.41, 5.74) is 0.582. The number of nitrogens with zero attached hydrogens (tertiary/aromatic N) is 1. The molecule has 0 spiro atoms. The minimum Gasteiger partial charge on any atom is -0.469 e. The number of likely N-dealkylation sites (tertiary alicyclic amines) is 1. The number of esters is 1. The van der Waals surface area contributed by atoms with Crippen LogP contribution in [0.2, 0.25) is 0 Å². The van der Waals surface area contributed by atoms with Gasteiger partial charge in [-0.3, -0.25) is 14.4 Å². The van der Waals surface area contributed by atoms with Crippen LogP contribution < -0.4 is 5.43 Å². The van der Waals surface area contributed by atoms with Crippen molar-refractivity contribution < 1.29 is 14.3 Å². The normalized spacial score (nSPS) is 15.6. The molecule has 1 aromatic heterocycles. The van der Waals surface area contributed by atoms with Crippen LogP contribution in [0.4, 0.5) is 0 Å². The highest BCUT2D eigenvalue weighted by atomic mass is 16.5. The largest absolute Gasteiger partial charge is 0.469 e. The summed E-state index contributed by atoms with van der Waals surface area (Å²) in [6, 6.07) is 7.10. The number of piperidine rings is 1. The Labute approximate surface area is 133 Å². The van der Waals surface area contributed by atoms with Gasteiger partial charge in [0.2, 0.25) is 5.43 Å². The van der Waals surface area contributed by atoms with E-state index in [9.17, 15) is 14.4 Å². The van der Waals surface area contributed by atoms with E-state index in [4.69, 9.17) is 4.74 Å². The van der Waals surface area contributed by atoms with Crippen LogP contribution in [-0.4, -0.2) is 42.0 Å². The summed E-state index contributed by atoms with van der Waals surface area (Å²) in [6.07, 6.45) is 2.59. The molecule has 6 nitrogen and oxygen atoms in total. The summed E-state index contributed by atoms with van der Waals surface area (Å²) in [5.74, 6) is -0.695. The highest BCUT2D eigenvalue weighted by molar-refractivity contribution is 5.97. The van der Waals surface area contributed by atoms with Gasteiger partial charge in [-0.15, -0.1) is 0 Å². The number of amides is 1. The number of aromatic nitrogens is 1. The van der Waals surface area contributed by atoms with E-state index in [-0.39, 0.29) is 28.8 Å². The first-order valence-electron chi connectivity index (χ1n) is 7.59. The maximum absolute atomic E-state index is 12.6. The molecule has 23 heavy (non-hydrogen) atoms. The number of benzene rings is 1. The Bertz CT molecular complexity index is 804. The van der Waals surface area contributed by atoms with Gasteiger partial charge in [-0.05, 0) is 25.0 Å². The molecule has 3 rings (SSSR count). The van der Waals surface area contributed by atoms with Crippen LogP contribution in [0.5, 0.6) is 0 Å². The molecule has 0 radical (unpaired) electrons. The Morgan fingerprint density at radius 2 is 1.91 bits per heavy atom. The van der Waals surface area contributed by atoms with E-state index in [1.54, 1.807) is 23.1 Å². The van der Waals surface area contributed by atoms with E-state index in [2.05, 4.69) is 4.98 Å². The predicted molar refractivity (Wildman–Crippen MR) is 85.2 cm³/mol. The summed E-state index contributed by atoms with van der Waals surface area (Å²) in [5, 5.41) is 0.503. The van der Waals surface area contributed by atoms with E-state index in [1.165, 1.54) is 13.3 Å². The summed E-state index contributed by atoms with van der Waals surface area (Å²) < 4.78 is 4.74. The molecule has 6 heteroatoms. The van der Waals surface area contributed by atoms with E-state index in [1.807, 2.05) is 6.07 Å². The number of pyridine rings is 1. The zero-order valence-corrected chi connectivity index (χ0v) is 12.9. The van der Waals surface area contributed by atoms with Crippen LogP contribution >= 0.6 is 0 Å². The second-order valence-corrected chi connectivity index (χ2v) is 5.67. The van der Waals surface area contributed by atoms with Crippen LogP contribution in [0.1, 0.15) is 23.2 Å². The number of carbonyl (C=O) groups excluding carboxylic acids is 2. The van der Waals surface area contributed by atoms with Gasteiger partial charge in [0.15, 0.2) is 0 Å². The summed E-state index contributed by atoms with van der Waals surface area (Å²) in [6.45, 7) is 0.899. The van der Waals surface area contributed by atoms with Gasteiger partial charge >= 0.3 is 5.97 Å². The molecule has 1 N–H and O–H groups in total. The van der Waals surface area contributed by atoms with Crippen LogP contribution in [0.15, 0.2) is 35.3 Å². The minimum atomic E-state index is -0.291. The van der Waals surface area contributed by atoms with Crippen molar-refractivity contribution >= 4 is 22.8 Å². The van der Waals surface area contributed by atoms with Crippen molar-refractivity contribution in [3.63, 3.8) is 0 Å². The summed E-state index contributed by atoms with van der Waals surface area (Å²) in [7, 11) is 1.37. The topological polar surface area (TPSA) is 79.5 Å². The predicted octanol–water partition coefficient (Wildman–Crippen LogP) is 1.55. The fraction of sp³-hybridized carbons (Fsp3) is 0.353. The molecule has 0 atom stereocenters. The number of H-pyrrole nitrogens is 1. The molecule has 1 fully saturated rings. The van der Waals surface area contributed by atoms with E-state index in [0.717, 1.165) is 0 Å². The number of aromatic amines is 1. The first-order valence-corrected chi connectivity index (χ1v) is 7.59. The fourth-order valence-corrected chi connectivity index (χ4v) is 2.98. The van der Waals surface area contributed by atoms with Crippen LogP contribution in [-0.2, 0) is 9.53 Å².